The second-order valence-corrected chi connectivity index (χ2v) is 7.98. The lowest BCUT2D eigenvalue weighted by Crippen LogP contribution is -2.42. The van der Waals surface area contributed by atoms with Gasteiger partial charge in [-0.1, -0.05) is 12.1 Å². The van der Waals surface area contributed by atoms with Crippen LogP contribution in [0.15, 0.2) is 29.2 Å². The fourth-order valence-corrected chi connectivity index (χ4v) is 3.04. The number of amides is 1. The minimum atomic E-state index is -3.20. The molecule has 0 unspecified atom stereocenters. The number of sulfone groups is 1. The van der Waals surface area contributed by atoms with Gasteiger partial charge in [0, 0.05) is 39.5 Å². The standard InChI is InChI=1S/C16H24N2O4S.CH2O2/c1-17(7-8-18-9-11-22-12-10-18)16(19)13-14-3-5-15(6-4-14)23(2,20)21;2-1-3/h3-6H,7-13H2,1-2H3;1H,(H,2,3). The number of nitrogens with zero attached hydrogens (tertiary/aromatic N) is 2. The molecule has 0 aromatic heterocycles. The first-order valence-corrected chi connectivity index (χ1v) is 10.1. The van der Waals surface area contributed by atoms with E-state index in [9.17, 15) is 13.2 Å². The van der Waals surface area contributed by atoms with Crippen molar-refractivity contribution >= 4 is 22.2 Å². The van der Waals surface area contributed by atoms with E-state index in [-0.39, 0.29) is 23.7 Å². The molecule has 1 aromatic rings. The summed E-state index contributed by atoms with van der Waals surface area (Å²) < 4.78 is 28.1. The molecule has 1 aromatic carbocycles. The normalized spacial score (nSPS) is 14.8. The molecule has 0 atom stereocenters. The van der Waals surface area contributed by atoms with Gasteiger partial charge in [0.2, 0.25) is 5.91 Å². The summed E-state index contributed by atoms with van der Waals surface area (Å²) in [5, 5.41) is 6.89. The molecular formula is C17H26N2O6S. The fraction of sp³-hybridized carbons (Fsp3) is 0.529. The van der Waals surface area contributed by atoms with E-state index in [4.69, 9.17) is 14.6 Å². The van der Waals surface area contributed by atoms with E-state index >= 15 is 0 Å². The molecule has 9 heteroatoms. The zero-order valence-electron chi connectivity index (χ0n) is 15.1. The van der Waals surface area contributed by atoms with E-state index in [1.165, 1.54) is 6.26 Å². The Kier molecular flexibility index (Phi) is 9.25. The Morgan fingerprint density at radius 2 is 1.81 bits per heavy atom. The quantitative estimate of drug-likeness (QED) is 0.693. The molecular weight excluding hydrogens is 360 g/mol. The fourth-order valence-electron chi connectivity index (χ4n) is 2.40. The van der Waals surface area contributed by atoms with Crippen LogP contribution in [-0.4, -0.2) is 88.4 Å². The lowest BCUT2D eigenvalue weighted by Gasteiger charge is -2.28. The molecule has 1 saturated heterocycles. The van der Waals surface area contributed by atoms with Crippen molar-refractivity contribution < 1.29 is 27.9 Å². The Morgan fingerprint density at radius 1 is 1.27 bits per heavy atom. The monoisotopic (exact) mass is 386 g/mol. The van der Waals surface area contributed by atoms with Crippen molar-refractivity contribution in [2.45, 2.75) is 11.3 Å². The van der Waals surface area contributed by atoms with Crippen LogP contribution in [0.3, 0.4) is 0 Å². The lowest BCUT2D eigenvalue weighted by atomic mass is 10.1. The van der Waals surface area contributed by atoms with Gasteiger partial charge in [-0.2, -0.15) is 0 Å². The smallest absolute Gasteiger partial charge is 0.290 e. The van der Waals surface area contributed by atoms with Gasteiger partial charge >= 0.3 is 0 Å². The Hall–Kier alpha value is -1.97. The predicted octanol–water partition coefficient (Wildman–Crippen LogP) is 0.124. The van der Waals surface area contributed by atoms with E-state index in [1.54, 1.807) is 36.2 Å². The number of likely N-dealkylation sites (N-methyl/N-ethyl adjacent to an activating group) is 1. The second kappa shape index (κ2) is 10.9. The Morgan fingerprint density at radius 3 is 2.31 bits per heavy atom. The molecule has 8 nitrogen and oxygen atoms in total. The van der Waals surface area contributed by atoms with Gasteiger partial charge in [-0.25, -0.2) is 8.42 Å². The van der Waals surface area contributed by atoms with Crippen molar-refractivity contribution in [2.24, 2.45) is 0 Å². The van der Waals surface area contributed by atoms with Gasteiger partial charge in [0.25, 0.3) is 6.47 Å². The lowest BCUT2D eigenvalue weighted by molar-refractivity contribution is -0.129. The molecule has 0 saturated carbocycles. The number of ether oxygens (including phenoxy) is 1. The van der Waals surface area contributed by atoms with Crippen molar-refractivity contribution in [3.05, 3.63) is 29.8 Å². The highest BCUT2D eigenvalue weighted by molar-refractivity contribution is 7.90. The zero-order chi connectivity index (χ0) is 19.6. The summed E-state index contributed by atoms with van der Waals surface area (Å²) >= 11 is 0. The summed E-state index contributed by atoms with van der Waals surface area (Å²) in [6, 6.07) is 6.49. The molecule has 0 spiro atoms. The highest BCUT2D eigenvalue weighted by atomic mass is 32.2. The minimum absolute atomic E-state index is 0.0327. The first-order valence-electron chi connectivity index (χ1n) is 8.19. The average Bonchev–Trinajstić information content (AvgIpc) is 2.61. The van der Waals surface area contributed by atoms with Crippen LogP contribution >= 0.6 is 0 Å². The molecule has 146 valence electrons. The summed E-state index contributed by atoms with van der Waals surface area (Å²) in [6.45, 7) is 4.61. The van der Waals surface area contributed by atoms with Gasteiger partial charge in [0.15, 0.2) is 9.84 Å². The third-order valence-electron chi connectivity index (χ3n) is 3.99. The van der Waals surface area contributed by atoms with Crippen molar-refractivity contribution in [3.63, 3.8) is 0 Å². The van der Waals surface area contributed by atoms with Gasteiger partial charge in [0.1, 0.15) is 0 Å². The molecule has 0 radical (unpaired) electrons. The molecule has 26 heavy (non-hydrogen) atoms. The van der Waals surface area contributed by atoms with Gasteiger partial charge in [-0.15, -0.1) is 0 Å². The number of carbonyl (C=O) groups is 2. The van der Waals surface area contributed by atoms with Crippen LogP contribution in [0.4, 0.5) is 0 Å². The molecule has 0 aliphatic carbocycles. The number of hydrogen-bond acceptors (Lipinski definition) is 6. The highest BCUT2D eigenvalue weighted by Crippen LogP contribution is 2.11. The Labute approximate surface area is 154 Å². The van der Waals surface area contributed by atoms with Crippen LogP contribution in [0.2, 0.25) is 0 Å². The van der Waals surface area contributed by atoms with Crippen LogP contribution in [0.5, 0.6) is 0 Å². The van der Waals surface area contributed by atoms with Gasteiger partial charge in [0.05, 0.1) is 24.5 Å². The van der Waals surface area contributed by atoms with Crippen LogP contribution in [-0.2, 0) is 30.6 Å². The van der Waals surface area contributed by atoms with E-state index < -0.39 is 9.84 Å². The van der Waals surface area contributed by atoms with Crippen LogP contribution in [0.25, 0.3) is 0 Å². The summed E-state index contributed by atoms with van der Waals surface area (Å²) in [5.74, 6) is 0.0327. The van der Waals surface area contributed by atoms with E-state index in [1.807, 2.05) is 0 Å². The number of carboxylic acid groups (broad SMARTS) is 1. The summed E-state index contributed by atoms with van der Waals surface area (Å²) in [5.41, 5.74) is 0.820. The van der Waals surface area contributed by atoms with Crippen LogP contribution in [0.1, 0.15) is 5.56 Å². The number of rotatable bonds is 6. The second-order valence-electron chi connectivity index (χ2n) is 5.97. The molecule has 2 rings (SSSR count). The summed E-state index contributed by atoms with van der Waals surface area (Å²) in [6.07, 6.45) is 1.45. The third kappa shape index (κ3) is 7.94. The van der Waals surface area contributed by atoms with Gasteiger partial charge in [-0.05, 0) is 17.7 Å². The maximum atomic E-state index is 12.2. The SMILES string of the molecule is CN(CCN1CCOCC1)C(=O)Cc1ccc(S(C)(=O)=O)cc1.O=CO. The van der Waals surface area contributed by atoms with E-state index in [2.05, 4.69) is 4.90 Å². The predicted molar refractivity (Wildman–Crippen MR) is 96.8 cm³/mol. The zero-order valence-corrected chi connectivity index (χ0v) is 15.9. The van der Waals surface area contributed by atoms with Crippen molar-refractivity contribution in [2.75, 3.05) is 52.7 Å². The molecule has 1 aliphatic rings. The maximum Gasteiger partial charge on any atom is 0.290 e. The minimum Gasteiger partial charge on any atom is -0.483 e. The summed E-state index contributed by atoms with van der Waals surface area (Å²) in [7, 11) is -1.40. The van der Waals surface area contributed by atoms with Crippen LogP contribution in [0, 0.1) is 0 Å². The molecule has 0 bridgehead atoms. The van der Waals surface area contributed by atoms with Crippen LogP contribution < -0.4 is 0 Å². The number of hydrogen-bond donors (Lipinski definition) is 1. The van der Waals surface area contributed by atoms with Crippen molar-refractivity contribution in [1.29, 1.82) is 0 Å². The molecule has 1 N–H and O–H groups in total. The van der Waals surface area contributed by atoms with E-state index in [0.717, 1.165) is 38.4 Å². The summed E-state index contributed by atoms with van der Waals surface area (Å²) in [4.78, 5) is 24.9. The number of benzene rings is 1. The number of morpholine rings is 1. The number of carbonyl (C=O) groups excluding carboxylic acids is 1. The molecule has 1 aliphatic heterocycles. The first kappa shape index (κ1) is 22.1. The average molecular weight is 386 g/mol. The van der Waals surface area contributed by atoms with Crippen molar-refractivity contribution in [1.82, 2.24) is 9.80 Å². The van der Waals surface area contributed by atoms with Gasteiger partial charge in [-0.3, -0.25) is 14.5 Å². The molecule has 1 fully saturated rings. The highest BCUT2D eigenvalue weighted by Gasteiger charge is 2.14. The van der Waals surface area contributed by atoms with E-state index in [0.29, 0.717) is 6.54 Å². The first-order chi connectivity index (χ1) is 12.3. The van der Waals surface area contributed by atoms with Crippen molar-refractivity contribution in [3.8, 4) is 0 Å². The molecule has 1 amide bonds. The van der Waals surface area contributed by atoms with Gasteiger partial charge < -0.3 is 14.7 Å². The topological polar surface area (TPSA) is 104 Å². The Balaban J connectivity index is 0.00000105. The third-order valence-corrected chi connectivity index (χ3v) is 5.12. The largest absolute Gasteiger partial charge is 0.483 e. The Bertz CT molecular complexity index is 669. The maximum absolute atomic E-state index is 12.2. The molecule has 1 heterocycles.